The molecule has 0 amide bonds. The maximum Gasteiger partial charge on any atom is 0.125 e. The molecule has 0 aliphatic rings. The van der Waals surface area contributed by atoms with Gasteiger partial charge in [0, 0.05) is 24.7 Å². The lowest BCUT2D eigenvalue weighted by Gasteiger charge is -2.18. The Morgan fingerprint density at radius 3 is 2.25 bits per heavy atom. The van der Waals surface area contributed by atoms with Crippen LogP contribution in [0.15, 0.2) is 12.1 Å². The number of rotatable bonds is 9. The van der Waals surface area contributed by atoms with E-state index in [4.69, 9.17) is 16.3 Å². The van der Waals surface area contributed by atoms with Crippen LogP contribution in [0.4, 0.5) is 0 Å². The van der Waals surface area contributed by atoms with E-state index in [9.17, 15) is 0 Å². The molecule has 0 radical (unpaired) electrons. The number of halogens is 1. The van der Waals surface area contributed by atoms with Gasteiger partial charge in [-0.15, -0.1) is 0 Å². The van der Waals surface area contributed by atoms with Crippen LogP contribution >= 0.6 is 11.6 Å². The molecule has 0 saturated heterocycles. The fourth-order valence-electron chi connectivity index (χ4n) is 2.25. The lowest BCUT2D eigenvalue weighted by atomic mass is 10.1. The van der Waals surface area contributed by atoms with E-state index in [1.165, 1.54) is 0 Å². The predicted molar refractivity (Wildman–Crippen MR) is 87.1 cm³/mol. The summed E-state index contributed by atoms with van der Waals surface area (Å²) >= 11 is 6.01. The van der Waals surface area contributed by atoms with E-state index in [1.54, 1.807) is 0 Å². The number of aryl methyl sites for hydroxylation is 2. The van der Waals surface area contributed by atoms with Gasteiger partial charge in [-0.25, -0.2) is 0 Å². The van der Waals surface area contributed by atoms with Crippen LogP contribution < -0.4 is 10.1 Å². The van der Waals surface area contributed by atoms with Gasteiger partial charge >= 0.3 is 0 Å². The Morgan fingerprint density at radius 1 is 1.10 bits per heavy atom. The Morgan fingerprint density at radius 2 is 1.70 bits per heavy atom. The van der Waals surface area contributed by atoms with Crippen LogP contribution in [-0.4, -0.2) is 44.2 Å². The van der Waals surface area contributed by atoms with Crippen LogP contribution in [-0.2, 0) is 0 Å². The maximum absolute atomic E-state index is 6.01. The molecule has 114 valence electrons. The number of hydrogen-bond acceptors (Lipinski definition) is 3. The van der Waals surface area contributed by atoms with Gasteiger partial charge in [0.25, 0.3) is 0 Å². The smallest absolute Gasteiger partial charge is 0.125 e. The zero-order chi connectivity index (χ0) is 15.0. The average molecular weight is 299 g/mol. The Bertz CT molecular complexity index is 382. The third-order valence-electron chi connectivity index (χ3n) is 3.45. The summed E-state index contributed by atoms with van der Waals surface area (Å²) in [7, 11) is 0. The van der Waals surface area contributed by atoms with Crippen LogP contribution in [0.2, 0.25) is 5.02 Å². The molecule has 0 heterocycles. The molecular weight excluding hydrogens is 272 g/mol. The van der Waals surface area contributed by atoms with Gasteiger partial charge in [0.15, 0.2) is 0 Å². The summed E-state index contributed by atoms with van der Waals surface area (Å²) < 4.78 is 5.85. The zero-order valence-electron chi connectivity index (χ0n) is 13.1. The molecule has 0 fully saturated rings. The van der Waals surface area contributed by atoms with Crippen molar-refractivity contribution in [2.24, 2.45) is 0 Å². The molecular formula is C16H27ClN2O. The Kier molecular flexibility index (Phi) is 7.97. The highest BCUT2D eigenvalue weighted by Gasteiger charge is 2.05. The minimum atomic E-state index is 0.682. The second-order valence-corrected chi connectivity index (χ2v) is 5.43. The summed E-state index contributed by atoms with van der Waals surface area (Å²) in [6, 6.07) is 3.88. The third kappa shape index (κ3) is 5.70. The number of likely N-dealkylation sites (N-methyl/N-ethyl adjacent to an activating group) is 1. The van der Waals surface area contributed by atoms with Crippen LogP contribution in [0.5, 0.6) is 5.75 Å². The van der Waals surface area contributed by atoms with Crippen molar-refractivity contribution in [3.8, 4) is 5.75 Å². The van der Waals surface area contributed by atoms with Gasteiger partial charge in [-0.1, -0.05) is 25.4 Å². The lowest BCUT2D eigenvalue weighted by molar-refractivity contribution is 0.284. The lowest BCUT2D eigenvalue weighted by Crippen LogP contribution is -2.33. The van der Waals surface area contributed by atoms with E-state index >= 15 is 0 Å². The fourth-order valence-corrected chi connectivity index (χ4v) is 2.58. The van der Waals surface area contributed by atoms with Crippen molar-refractivity contribution in [1.82, 2.24) is 10.2 Å². The first-order chi connectivity index (χ1) is 9.58. The molecule has 0 spiro atoms. The Balaban J connectivity index is 2.25. The van der Waals surface area contributed by atoms with E-state index < -0.39 is 0 Å². The Labute approximate surface area is 128 Å². The van der Waals surface area contributed by atoms with Gasteiger partial charge < -0.3 is 15.0 Å². The van der Waals surface area contributed by atoms with Crippen molar-refractivity contribution < 1.29 is 4.74 Å². The normalized spacial score (nSPS) is 11.1. The zero-order valence-corrected chi connectivity index (χ0v) is 13.9. The molecule has 1 aromatic rings. The summed E-state index contributed by atoms with van der Waals surface area (Å²) in [5.41, 5.74) is 2.19. The highest BCUT2D eigenvalue weighted by molar-refractivity contribution is 6.30. The molecule has 20 heavy (non-hydrogen) atoms. The monoisotopic (exact) mass is 298 g/mol. The van der Waals surface area contributed by atoms with Crippen LogP contribution in [0.25, 0.3) is 0 Å². The summed E-state index contributed by atoms with van der Waals surface area (Å²) in [6.07, 6.45) is 0. The molecule has 1 N–H and O–H groups in total. The van der Waals surface area contributed by atoms with E-state index in [1.807, 2.05) is 26.0 Å². The molecule has 0 saturated carbocycles. The van der Waals surface area contributed by atoms with Crippen LogP contribution in [0, 0.1) is 13.8 Å². The summed E-state index contributed by atoms with van der Waals surface area (Å²) in [5.74, 6) is 0.958. The minimum Gasteiger partial charge on any atom is -0.492 e. The number of hydrogen-bond donors (Lipinski definition) is 1. The van der Waals surface area contributed by atoms with Gasteiger partial charge in [0.1, 0.15) is 12.4 Å². The van der Waals surface area contributed by atoms with Crippen LogP contribution in [0.3, 0.4) is 0 Å². The molecule has 3 nitrogen and oxygen atoms in total. The third-order valence-corrected chi connectivity index (χ3v) is 3.67. The summed E-state index contributed by atoms with van der Waals surface area (Å²) in [6.45, 7) is 14.3. The predicted octanol–water partition coefficient (Wildman–Crippen LogP) is 3.27. The molecule has 1 aromatic carbocycles. The number of nitrogens with one attached hydrogen (secondary N) is 1. The summed E-state index contributed by atoms with van der Waals surface area (Å²) in [4.78, 5) is 2.40. The fraction of sp³-hybridized carbons (Fsp3) is 0.625. The number of ether oxygens (including phenoxy) is 1. The largest absolute Gasteiger partial charge is 0.492 e. The highest BCUT2D eigenvalue weighted by Crippen LogP contribution is 2.26. The maximum atomic E-state index is 6.01. The van der Waals surface area contributed by atoms with Gasteiger partial charge in [-0.2, -0.15) is 0 Å². The van der Waals surface area contributed by atoms with Crippen molar-refractivity contribution in [1.29, 1.82) is 0 Å². The Hall–Kier alpha value is -0.770. The number of benzene rings is 1. The van der Waals surface area contributed by atoms with Crippen molar-refractivity contribution >= 4 is 11.6 Å². The van der Waals surface area contributed by atoms with Crippen molar-refractivity contribution in [2.45, 2.75) is 27.7 Å². The molecule has 0 bridgehead atoms. The molecule has 0 aromatic heterocycles. The second kappa shape index (κ2) is 9.22. The first-order valence-corrected chi connectivity index (χ1v) is 7.78. The van der Waals surface area contributed by atoms with E-state index in [0.717, 1.165) is 54.6 Å². The van der Waals surface area contributed by atoms with Gasteiger partial charge in [-0.05, 0) is 50.2 Å². The molecule has 1 rings (SSSR count). The summed E-state index contributed by atoms with van der Waals surface area (Å²) in [5, 5.41) is 4.18. The molecule has 0 unspecified atom stereocenters. The van der Waals surface area contributed by atoms with Gasteiger partial charge in [0.05, 0.1) is 0 Å². The topological polar surface area (TPSA) is 24.5 Å². The van der Waals surface area contributed by atoms with E-state index in [0.29, 0.717) is 6.61 Å². The van der Waals surface area contributed by atoms with Gasteiger partial charge in [0.2, 0.25) is 0 Å². The van der Waals surface area contributed by atoms with E-state index in [-0.39, 0.29) is 0 Å². The standard InChI is InChI=1S/C16H27ClN2O/c1-5-19(6-2)9-7-18-8-10-20-16-13(3)11-15(17)12-14(16)4/h11-12,18H,5-10H2,1-4H3. The first kappa shape index (κ1) is 17.3. The van der Waals surface area contributed by atoms with Crippen LogP contribution in [0.1, 0.15) is 25.0 Å². The SMILES string of the molecule is CCN(CC)CCNCCOc1c(C)cc(Cl)cc1C. The van der Waals surface area contributed by atoms with Crippen molar-refractivity contribution in [2.75, 3.05) is 39.3 Å². The molecule has 4 heteroatoms. The highest BCUT2D eigenvalue weighted by atomic mass is 35.5. The molecule has 0 aliphatic heterocycles. The minimum absolute atomic E-state index is 0.682. The van der Waals surface area contributed by atoms with Crippen molar-refractivity contribution in [3.05, 3.63) is 28.3 Å². The van der Waals surface area contributed by atoms with Gasteiger partial charge in [-0.3, -0.25) is 0 Å². The molecule has 0 aliphatic carbocycles. The first-order valence-electron chi connectivity index (χ1n) is 7.41. The molecule has 0 atom stereocenters. The average Bonchev–Trinajstić information content (AvgIpc) is 2.40. The quantitative estimate of drug-likeness (QED) is 0.708. The number of nitrogens with zero attached hydrogens (tertiary/aromatic N) is 1. The second-order valence-electron chi connectivity index (χ2n) is 4.99. The van der Waals surface area contributed by atoms with Crippen molar-refractivity contribution in [3.63, 3.8) is 0 Å². The van der Waals surface area contributed by atoms with E-state index in [2.05, 4.69) is 24.1 Å².